The van der Waals surface area contributed by atoms with E-state index in [0.29, 0.717) is 28.9 Å². The first-order valence-corrected chi connectivity index (χ1v) is 12.1. The van der Waals surface area contributed by atoms with Gasteiger partial charge in [0.2, 0.25) is 0 Å². The van der Waals surface area contributed by atoms with E-state index in [4.69, 9.17) is 0 Å². The Kier molecular flexibility index (Phi) is 5.96. The zero-order valence-electron chi connectivity index (χ0n) is 18.3. The molecule has 0 saturated carbocycles. The molecule has 7 nitrogen and oxygen atoms in total. The van der Waals surface area contributed by atoms with Gasteiger partial charge in [-0.2, -0.15) is 5.10 Å². The average Bonchev–Trinajstić information content (AvgIpc) is 3.49. The molecule has 184 valence electrons. The third-order valence-electron chi connectivity index (χ3n) is 5.51. The van der Waals surface area contributed by atoms with Crippen molar-refractivity contribution in [2.24, 2.45) is 0 Å². The van der Waals surface area contributed by atoms with Crippen molar-refractivity contribution in [3.8, 4) is 22.4 Å². The number of benzene rings is 2. The van der Waals surface area contributed by atoms with E-state index in [2.05, 4.69) is 15.1 Å². The van der Waals surface area contributed by atoms with Gasteiger partial charge < -0.3 is 4.98 Å². The molecule has 3 heterocycles. The zero-order chi connectivity index (χ0) is 25.4. The topological polar surface area (TPSA) is 92.7 Å². The van der Waals surface area contributed by atoms with E-state index in [0.717, 1.165) is 17.5 Å². The molecular formula is C24H17F4N5O2S. The monoisotopic (exact) mass is 515 g/mol. The fourth-order valence-electron chi connectivity index (χ4n) is 3.89. The molecular weight excluding hydrogens is 498 g/mol. The smallest absolute Gasteiger partial charge is 0.265 e. The number of hydrogen-bond acceptors (Lipinski definition) is 4. The summed E-state index contributed by atoms with van der Waals surface area (Å²) in [5.41, 5.74) is 1.24. The van der Waals surface area contributed by atoms with Crippen LogP contribution in [0.3, 0.4) is 0 Å². The number of fused-ring (bicyclic) bond motifs is 1. The summed E-state index contributed by atoms with van der Waals surface area (Å²) in [6, 6.07) is 9.33. The number of nitrogens with one attached hydrogen (secondary N) is 2. The molecule has 2 N–H and O–H groups in total. The van der Waals surface area contributed by atoms with Gasteiger partial charge in [0.15, 0.2) is 5.82 Å². The van der Waals surface area contributed by atoms with Crippen LogP contribution in [-0.2, 0) is 16.6 Å². The normalized spacial score (nSPS) is 11.8. The molecule has 36 heavy (non-hydrogen) atoms. The first kappa shape index (κ1) is 23.5. The number of aromatic amines is 1. The molecule has 0 fully saturated rings. The second-order valence-electron chi connectivity index (χ2n) is 7.79. The number of alkyl halides is 1. The summed E-state index contributed by atoms with van der Waals surface area (Å²) in [6.07, 6.45) is 4.81. The largest absolute Gasteiger partial charge is 0.346 e. The fourth-order valence-corrected chi connectivity index (χ4v) is 5.04. The maximum Gasteiger partial charge on any atom is 0.265 e. The molecule has 12 heteroatoms. The maximum absolute atomic E-state index is 15.7. The lowest BCUT2D eigenvalue weighted by Crippen LogP contribution is -2.16. The fraction of sp³-hybridized carbons (Fsp3) is 0.0833. The number of H-pyrrole nitrogens is 1. The molecule has 0 radical (unpaired) electrons. The highest BCUT2D eigenvalue weighted by Crippen LogP contribution is 2.37. The Bertz CT molecular complexity index is 1700. The van der Waals surface area contributed by atoms with Crippen LogP contribution in [0.4, 0.5) is 23.2 Å². The van der Waals surface area contributed by atoms with Crippen molar-refractivity contribution in [3.63, 3.8) is 0 Å². The third-order valence-corrected chi connectivity index (χ3v) is 6.89. The average molecular weight is 515 g/mol. The lowest BCUT2D eigenvalue weighted by Gasteiger charge is -2.12. The number of sulfonamides is 1. The third kappa shape index (κ3) is 4.19. The summed E-state index contributed by atoms with van der Waals surface area (Å²) in [5, 5.41) is 5.06. The molecule has 0 atom stereocenters. The Balaban J connectivity index is 1.63. The van der Waals surface area contributed by atoms with Crippen LogP contribution in [0.2, 0.25) is 0 Å². The van der Waals surface area contributed by atoms with Gasteiger partial charge in [-0.1, -0.05) is 6.07 Å². The standard InChI is InChI=1S/C24H17F4N5O2S/c25-8-11-33-13-18(15-6-9-29-24-16(15)7-10-30-24)23(31-33)17-2-1-3-20(22(17)28)32-36(34,35)21-12-14(26)4-5-19(21)27/h1-7,9-10,12-13,32H,8,11H2,(H,29,30). The minimum Gasteiger partial charge on any atom is -0.346 e. The van der Waals surface area contributed by atoms with Crippen molar-refractivity contribution in [2.75, 3.05) is 11.4 Å². The quantitative estimate of drug-likeness (QED) is 0.289. The summed E-state index contributed by atoms with van der Waals surface area (Å²) in [7, 11) is -4.67. The number of rotatable bonds is 7. The van der Waals surface area contributed by atoms with E-state index in [-0.39, 0.29) is 17.8 Å². The van der Waals surface area contributed by atoms with E-state index in [1.807, 2.05) is 4.72 Å². The molecule has 2 aromatic carbocycles. The Morgan fingerprint density at radius 2 is 1.83 bits per heavy atom. The van der Waals surface area contributed by atoms with Gasteiger partial charge in [0, 0.05) is 35.1 Å². The van der Waals surface area contributed by atoms with Crippen LogP contribution in [0.1, 0.15) is 0 Å². The number of aryl methyl sites for hydroxylation is 1. The van der Waals surface area contributed by atoms with Crippen molar-refractivity contribution in [2.45, 2.75) is 11.4 Å². The highest BCUT2D eigenvalue weighted by Gasteiger charge is 2.24. The first-order valence-electron chi connectivity index (χ1n) is 10.6. The van der Waals surface area contributed by atoms with Crippen LogP contribution in [0.25, 0.3) is 33.4 Å². The molecule has 0 aliphatic rings. The van der Waals surface area contributed by atoms with Gasteiger partial charge >= 0.3 is 0 Å². The van der Waals surface area contributed by atoms with Crippen LogP contribution in [0.5, 0.6) is 0 Å². The lowest BCUT2D eigenvalue weighted by atomic mass is 10.00. The summed E-state index contributed by atoms with van der Waals surface area (Å²) < 4.78 is 85.2. The molecule has 0 bridgehead atoms. The van der Waals surface area contributed by atoms with Gasteiger partial charge in [-0.25, -0.2) is 31.0 Å². The van der Waals surface area contributed by atoms with Gasteiger partial charge in [-0.15, -0.1) is 0 Å². The van der Waals surface area contributed by atoms with Gasteiger partial charge in [-0.05, 0) is 48.0 Å². The lowest BCUT2D eigenvalue weighted by molar-refractivity contribution is 0.427. The minimum absolute atomic E-state index is 0.0805. The number of anilines is 1. The van der Waals surface area contributed by atoms with Crippen LogP contribution < -0.4 is 4.72 Å². The minimum atomic E-state index is -4.67. The van der Waals surface area contributed by atoms with Gasteiger partial charge in [0.25, 0.3) is 10.0 Å². The predicted octanol–water partition coefficient (Wildman–Crippen LogP) is 5.28. The second kappa shape index (κ2) is 9.11. The van der Waals surface area contributed by atoms with E-state index in [1.165, 1.54) is 16.8 Å². The van der Waals surface area contributed by atoms with Crippen molar-refractivity contribution in [3.05, 3.63) is 84.6 Å². The van der Waals surface area contributed by atoms with Gasteiger partial charge in [0.1, 0.15) is 34.5 Å². The second-order valence-corrected chi connectivity index (χ2v) is 9.44. The summed E-state index contributed by atoms with van der Waals surface area (Å²) >= 11 is 0. The molecule has 5 aromatic rings. The Morgan fingerprint density at radius 1 is 1.00 bits per heavy atom. The van der Waals surface area contributed by atoms with Crippen LogP contribution >= 0.6 is 0 Å². The zero-order valence-corrected chi connectivity index (χ0v) is 19.2. The first-order chi connectivity index (χ1) is 17.3. The molecule has 0 aliphatic heterocycles. The molecule has 0 amide bonds. The molecule has 5 rings (SSSR count). The number of halogens is 4. The van der Waals surface area contributed by atoms with Crippen molar-refractivity contribution in [1.29, 1.82) is 0 Å². The molecule has 0 spiro atoms. The maximum atomic E-state index is 15.7. The molecule has 0 unspecified atom stereocenters. The predicted molar refractivity (Wildman–Crippen MR) is 126 cm³/mol. The summed E-state index contributed by atoms with van der Waals surface area (Å²) in [4.78, 5) is 6.25. The van der Waals surface area contributed by atoms with Crippen LogP contribution in [-0.4, -0.2) is 34.8 Å². The number of nitrogens with zero attached hydrogens (tertiary/aromatic N) is 3. The van der Waals surface area contributed by atoms with Gasteiger partial charge in [-0.3, -0.25) is 9.40 Å². The highest BCUT2D eigenvalue weighted by atomic mass is 32.2. The van der Waals surface area contributed by atoms with E-state index in [1.54, 1.807) is 30.7 Å². The number of hydrogen-bond donors (Lipinski definition) is 2. The van der Waals surface area contributed by atoms with Crippen molar-refractivity contribution >= 4 is 26.7 Å². The van der Waals surface area contributed by atoms with E-state index >= 15 is 4.39 Å². The van der Waals surface area contributed by atoms with Gasteiger partial charge in [0.05, 0.1) is 12.2 Å². The summed E-state index contributed by atoms with van der Waals surface area (Å²) in [5.74, 6) is -3.16. The molecule has 0 aliphatic carbocycles. The van der Waals surface area contributed by atoms with Crippen molar-refractivity contribution in [1.82, 2.24) is 19.7 Å². The van der Waals surface area contributed by atoms with Crippen molar-refractivity contribution < 1.29 is 26.0 Å². The Hall–Kier alpha value is -4.19. The van der Waals surface area contributed by atoms with E-state index in [9.17, 15) is 21.6 Å². The van der Waals surface area contributed by atoms with Crippen LogP contribution in [0.15, 0.2) is 72.0 Å². The van der Waals surface area contributed by atoms with E-state index < -0.39 is 44.7 Å². The highest BCUT2D eigenvalue weighted by molar-refractivity contribution is 7.92. The number of pyridine rings is 1. The Labute approximate surface area is 202 Å². The Morgan fingerprint density at radius 3 is 2.64 bits per heavy atom. The van der Waals surface area contributed by atoms with Crippen LogP contribution in [0, 0.1) is 17.5 Å². The number of aromatic nitrogens is 4. The summed E-state index contributed by atoms with van der Waals surface area (Å²) in [6.45, 7) is -0.793. The molecule has 0 saturated heterocycles. The SMILES string of the molecule is O=S(=O)(Nc1cccc(-c2nn(CCF)cc2-c2ccnc3[nH]ccc23)c1F)c1cc(F)ccc1F. The molecule has 3 aromatic heterocycles.